The lowest BCUT2D eigenvalue weighted by Gasteiger charge is -2.33. The number of hydrogen-bond acceptors (Lipinski definition) is 4. The van der Waals surface area contributed by atoms with Crippen molar-refractivity contribution in [3.63, 3.8) is 0 Å². The topological polar surface area (TPSA) is 44.8 Å². The molecule has 2 rings (SSSR count). The predicted molar refractivity (Wildman–Crippen MR) is 79.7 cm³/mol. The lowest BCUT2D eigenvalue weighted by molar-refractivity contribution is -0.130. The number of carbonyl (C=O) groups is 1. The van der Waals surface area contributed by atoms with Gasteiger partial charge in [0.15, 0.2) is 0 Å². The summed E-state index contributed by atoms with van der Waals surface area (Å²) >= 11 is 0. The number of hydrogen-bond donors (Lipinski definition) is 1. The number of amides is 1. The molecule has 0 aromatic carbocycles. The van der Waals surface area contributed by atoms with E-state index >= 15 is 0 Å². The van der Waals surface area contributed by atoms with Crippen molar-refractivity contribution in [1.29, 1.82) is 0 Å². The van der Waals surface area contributed by atoms with Gasteiger partial charge in [-0.1, -0.05) is 0 Å². The second-order valence-corrected chi connectivity index (χ2v) is 6.37. The minimum atomic E-state index is 0.202. The molecule has 2 atom stereocenters. The quantitative estimate of drug-likeness (QED) is 0.800. The van der Waals surface area contributed by atoms with Gasteiger partial charge < -0.3 is 15.0 Å². The molecular formula is C15H29N3O2. The Balaban J connectivity index is 1.63. The molecule has 1 N–H and O–H groups in total. The third-order valence-corrected chi connectivity index (χ3v) is 4.65. The van der Waals surface area contributed by atoms with Crippen LogP contribution < -0.4 is 5.32 Å². The van der Waals surface area contributed by atoms with Crippen molar-refractivity contribution in [2.45, 2.75) is 38.3 Å². The van der Waals surface area contributed by atoms with Gasteiger partial charge in [0.2, 0.25) is 5.91 Å². The Kier molecular flexibility index (Phi) is 5.81. The SMILES string of the molecule is CC1OCCC1CNC1CCN(CC(=O)N(C)C)CC1. The maximum Gasteiger partial charge on any atom is 0.236 e. The van der Waals surface area contributed by atoms with Crippen molar-refractivity contribution in [3.8, 4) is 0 Å². The molecule has 5 nitrogen and oxygen atoms in total. The van der Waals surface area contributed by atoms with E-state index in [0.717, 1.165) is 39.1 Å². The lowest BCUT2D eigenvalue weighted by Crippen LogP contribution is -2.47. The van der Waals surface area contributed by atoms with E-state index in [4.69, 9.17) is 4.74 Å². The number of nitrogens with one attached hydrogen (secondary N) is 1. The zero-order chi connectivity index (χ0) is 14.5. The first-order valence-electron chi connectivity index (χ1n) is 7.83. The molecule has 116 valence electrons. The average Bonchev–Trinajstić information content (AvgIpc) is 2.83. The highest BCUT2D eigenvalue weighted by atomic mass is 16.5. The third kappa shape index (κ3) is 4.43. The maximum atomic E-state index is 11.7. The summed E-state index contributed by atoms with van der Waals surface area (Å²) in [4.78, 5) is 15.6. The van der Waals surface area contributed by atoms with Crippen molar-refractivity contribution in [1.82, 2.24) is 15.1 Å². The van der Waals surface area contributed by atoms with Crippen LogP contribution in [-0.2, 0) is 9.53 Å². The molecule has 0 radical (unpaired) electrons. The minimum absolute atomic E-state index is 0.202. The van der Waals surface area contributed by atoms with Crippen molar-refractivity contribution < 1.29 is 9.53 Å². The van der Waals surface area contributed by atoms with Crippen LogP contribution in [0.25, 0.3) is 0 Å². The zero-order valence-electron chi connectivity index (χ0n) is 13.1. The highest BCUT2D eigenvalue weighted by molar-refractivity contribution is 5.77. The molecular weight excluding hydrogens is 254 g/mol. The van der Waals surface area contributed by atoms with Crippen LogP contribution in [0.2, 0.25) is 0 Å². The van der Waals surface area contributed by atoms with Gasteiger partial charge in [0.1, 0.15) is 0 Å². The Bertz CT molecular complexity index is 314. The van der Waals surface area contributed by atoms with Crippen molar-refractivity contribution >= 4 is 5.91 Å². The van der Waals surface area contributed by atoms with Crippen molar-refractivity contribution in [3.05, 3.63) is 0 Å². The Morgan fingerprint density at radius 3 is 2.55 bits per heavy atom. The van der Waals surface area contributed by atoms with Gasteiger partial charge in [-0.25, -0.2) is 0 Å². The zero-order valence-corrected chi connectivity index (χ0v) is 13.1. The highest BCUT2D eigenvalue weighted by Gasteiger charge is 2.26. The van der Waals surface area contributed by atoms with E-state index in [-0.39, 0.29) is 5.91 Å². The van der Waals surface area contributed by atoms with E-state index in [2.05, 4.69) is 17.1 Å². The fourth-order valence-corrected chi connectivity index (χ4v) is 2.99. The van der Waals surface area contributed by atoms with Crippen LogP contribution in [-0.4, -0.2) is 74.7 Å². The molecule has 0 spiro atoms. The van der Waals surface area contributed by atoms with Crippen LogP contribution in [0.1, 0.15) is 26.2 Å². The largest absolute Gasteiger partial charge is 0.378 e. The maximum absolute atomic E-state index is 11.7. The fraction of sp³-hybridized carbons (Fsp3) is 0.933. The molecule has 0 saturated carbocycles. The molecule has 1 amide bonds. The molecule has 2 fully saturated rings. The first-order chi connectivity index (χ1) is 9.56. The van der Waals surface area contributed by atoms with E-state index in [1.54, 1.807) is 4.90 Å². The molecule has 0 aliphatic carbocycles. The summed E-state index contributed by atoms with van der Waals surface area (Å²) < 4.78 is 5.60. The molecule has 0 aromatic heterocycles. The second kappa shape index (κ2) is 7.38. The summed E-state index contributed by atoms with van der Waals surface area (Å²) in [7, 11) is 3.64. The molecule has 2 heterocycles. The van der Waals surface area contributed by atoms with Gasteiger partial charge in [-0.2, -0.15) is 0 Å². The van der Waals surface area contributed by atoms with Crippen LogP contribution in [0.4, 0.5) is 0 Å². The van der Waals surface area contributed by atoms with Gasteiger partial charge in [-0.3, -0.25) is 9.69 Å². The number of carbonyl (C=O) groups excluding carboxylic acids is 1. The van der Waals surface area contributed by atoms with E-state index in [0.29, 0.717) is 24.6 Å². The Labute approximate surface area is 122 Å². The van der Waals surface area contributed by atoms with Crippen LogP contribution in [0, 0.1) is 5.92 Å². The molecule has 2 aliphatic heterocycles. The smallest absolute Gasteiger partial charge is 0.236 e. The van der Waals surface area contributed by atoms with Gasteiger partial charge in [-0.05, 0) is 32.1 Å². The molecule has 2 aliphatic rings. The van der Waals surface area contributed by atoms with E-state index in [1.807, 2.05) is 14.1 Å². The molecule has 2 saturated heterocycles. The number of likely N-dealkylation sites (N-methyl/N-ethyl adjacent to an activating group) is 1. The molecule has 2 unspecified atom stereocenters. The van der Waals surface area contributed by atoms with E-state index in [9.17, 15) is 4.79 Å². The Hall–Kier alpha value is -0.650. The van der Waals surface area contributed by atoms with Crippen molar-refractivity contribution in [2.24, 2.45) is 5.92 Å². The number of piperidine rings is 1. The monoisotopic (exact) mass is 283 g/mol. The van der Waals surface area contributed by atoms with Gasteiger partial charge in [-0.15, -0.1) is 0 Å². The lowest BCUT2D eigenvalue weighted by atomic mass is 10.00. The minimum Gasteiger partial charge on any atom is -0.378 e. The number of likely N-dealkylation sites (tertiary alicyclic amines) is 1. The van der Waals surface area contributed by atoms with Crippen LogP contribution in [0.5, 0.6) is 0 Å². The summed E-state index contributed by atoms with van der Waals surface area (Å²) in [5.74, 6) is 0.872. The number of rotatable bonds is 5. The van der Waals surface area contributed by atoms with E-state index < -0.39 is 0 Å². The van der Waals surface area contributed by atoms with E-state index in [1.165, 1.54) is 6.42 Å². The van der Waals surface area contributed by atoms with Crippen LogP contribution in [0.15, 0.2) is 0 Å². The summed E-state index contributed by atoms with van der Waals surface area (Å²) in [6.07, 6.45) is 3.87. The molecule has 0 bridgehead atoms. The summed E-state index contributed by atoms with van der Waals surface area (Å²) in [6, 6.07) is 0.605. The molecule has 0 aromatic rings. The number of nitrogens with zero attached hydrogens (tertiary/aromatic N) is 2. The van der Waals surface area contributed by atoms with Crippen LogP contribution in [0.3, 0.4) is 0 Å². The Morgan fingerprint density at radius 1 is 1.30 bits per heavy atom. The average molecular weight is 283 g/mol. The van der Waals surface area contributed by atoms with Gasteiger partial charge in [0, 0.05) is 46.4 Å². The van der Waals surface area contributed by atoms with Gasteiger partial charge in [0.05, 0.1) is 12.6 Å². The predicted octanol–water partition coefficient (Wildman–Crippen LogP) is 0.554. The normalized spacial score (nSPS) is 28.8. The first kappa shape index (κ1) is 15.7. The third-order valence-electron chi connectivity index (χ3n) is 4.65. The summed E-state index contributed by atoms with van der Waals surface area (Å²) in [5, 5.41) is 3.69. The highest BCUT2D eigenvalue weighted by Crippen LogP contribution is 2.20. The molecule has 20 heavy (non-hydrogen) atoms. The molecule has 5 heteroatoms. The first-order valence-corrected chi connectivity index (χ1v) is 7.83. The number of ether oxygens (including phenoxy) is 1. The van der Waals surface area contributed by atoms with Gasteiger partial charge >= 0.3 is 0 Å². The Morgan fingerprint density at radius 2 is 2.00 bits per heavy atom. The van der Waals surface area contributed by atoms with Gasteiger partial charge in [0.25, 0.3) is 0 Å². The fourth-order valence-electron chi connectivity index (χ4n) is 2.99. The summed E-state index contributed by atoms with van der Waals surface area (Å²) in [6.45, 7) is 6.77. The second-order valence-electron chi connectivity index (χ2n) is 6.37. The van der Waals surface area contributed by atoms with Crippen LogP contribution >= 0.6 is 0 Å². The van der Waals surface area contributed by atoms with Crippen molar-refractivity contribution in [2.75, 3.05) is 46.9 Å². The standard InChI is InChI=1S/C15H29N3O2/c1-12-13(6-9-20-12)10-16-14-4-7-18(8-5-14)11-15(19)17(2)3/h12-14,16H,4-11H2,1-3H3. The summed E-state index contributed by atoms with van der Waals surface area (Å²) in [5.41, 5.74) is 0.